The van der Waals surface area contributed by atoms with Gasteiger partial charge in [-0.2, -0.15) is 0 Å². The van der Waals surface area contributed by atoms with E-state index in [2.05, 4.69) is 4.74 Å². The summed E-state index contributed by atoms with van der Waals surface area (Å²) in [4.78, 5) is 12.1. The zero-order valence-electron chi connectivity index (χ0n) is 17.9. The molecular weight excluding hydrogens is 422 g/mol. The number of benzene rings is 3. The van der Waals surface area contributed by atoms with Gasteiger partial charge in [-0.1, -0.05) is 78.7 Å². The van der Waals surface area contributed by atoms with Gasteiger partial charge in [0.15, 0.2) is 5.54 Å². The molecule has 0 aliphatic carbocycles. The number of hydrogen-bond acceptors (Lipinski definition) is 7. The average molecular weight is 446 g/mol. The Hall–Kier alpha value is -3.51. The molecule has 0 heterocycles. The van der Waals surface area contributed by atoms with Crippen LogP contribution in [-0.4, -0.2) is 39.0 Å². The van der Waals surface area contributed by atoms with Crippen molar-refractivity contribution < 1.29 is 30.0 Å². The van der Waals surface area contributed by atoms with Crippen LogP contribution in [0.25, 0.3) is 0 Å². The smallest absolute Gasteiger partial charge is 0.338 e. The second-order valence-corrected chi connectivity index (χ2v) is 7.72. The van der Waals surface area contributed by atoms with Crippen LogP contribution in [-0.2, 0) is 27.5 Å². The van der Waals surface area contributed by atoms with Crippen molar-refractivity contribution in [2.75, 3.05) is 7.11 Å². The molecular formula is C26H24NO6. The first-order valence-corrected chi connectivity index (χ1v) is 10.0. The molecule has 0 amide bonds. The molecule has 1 radical (unpaired) electrons. The van der Waals surface area contributed by atoms with Crippen LogP contribution in [0.2, 0.25) is 0 Å². The summed E-state index contributed by atoms with van der Waals surface area (Å²) in [5, 5.41) is 44.4. The predicted octanol–water partition coefficient (Wildman–Crippen LogP) is 1.06. The monoisotopic (exact) mass is 446 g/mol. The van der Waals surface area contributed by atoms with Crippen LogP contribution in [0.5, 0.6) is 0 Å². The van der Waals surface area contributed by atoms with Gasteiger partial charge in [0.25, 0.3) is 0 Å². The van der Waals surface area contributed by atoms with Gasteiger partial charge >= 0.3 is 5.97 Å². The summed E-state index contributed by atoms with van der Waals surface area (Å²) in [6.07, 6.45) is 7.20. The van der Waals surface area contributed by atoms with Gasteiger partial charge in [0.1, 0.15) is 0 Å². The van der Waals surface area contributed by atoms with E-state index in [1.165, 1.54) is 42.5 Å². The molecule has 0 aromatic heterocycles. The molecule has 33 heavy (non-hydrogen) atoms. The summed E-state index contributed by atoms with van der Waals surface area (Å²) in [6.45, 7) is 0. The van der Waals surface area contributed by atoms with Crippen LogP contribution >= 0.6 is 0 Å². The predicted molar refractivity (Wildman–Crippen MR) is 120 cm³/mol. The Morgan fingerprint density at radius 1 is 0.879 bits per heavy atom. The third-order valence-corrected chi connectivity index (χ3v) is 5.44. The fourth-order valence-corrected chi connectivity index (χ4v) is 3.62. The minimum Gasteiger partial charge on any atom is -0.467 e. The zero-order valence-corrected chi connectivity index (χ0v) is 17.9. The molecule has 7 heteroatoms. The van der Waals surface area contributed by atoms with Crippen LogP contribution in [0.4, 0.5) is 0 Å². The van der Waals surface area contributed by atoms with E-state index < -0.39 is 23.1 Å². The Labute approximate surface area is 191 Å². The molecule has 1 atom stereocenters. The summed E-state index contributed by atoms with van der Waals surface area (Å²) in [6, 6.07) is 19.8. The first-order chi connectivity index (χ1) is 15.6. The minimum atomic E-state index is -2.63. The number of nitrogens with two attached hydrogens (primary N) is 1. The highest BCUT2D eigenvalue weighted by molar-refractivity contribution is 5.84. The molecule has 3 aromatic rings. The maximum Gasteiger partial charge on any atom is 0.338 e. The van der Waals surface area contributed by atoms with Crippen molar-refractivity contribution in [3.63, 3.8) is 0 Å². The number of ether oxygens (including phenoxy) is 1. The molecule has 0 fully saturated rings. The lowest BCUT2D eigenvalue weighted by molar-refractivity contribution is -0.154. The third kappa shape index (κ3) is 4.66. The molecule has 0 saturated carbocycles. The highest BCUT2D eigenvalue weighted by Gasteiger charge is 2.40. The topological polar surface area (TPSA) is 133 Å². The molecule has 0 saturated heterocycles. The standard InChI is InChI=1S/C26H24NO6/c1-3-24(27,23(28)33-2)17-18-14-15-21(25(29,30)19-10-6-4-7-11-19)22(16-18)26(31,32)20-12-8-5-9-13-20/h4-16,29-32H,17,27H2,2H3. The fourth-order valence-electron chi connectivity index (χ4n) is 3.62. The highest BCUT2D eigenvalue weighted by Crippen LogP contribution is 2.37. The van der Waals surface area contributed by atoms with Crippen LogP contribution in [0, 0.1) is 12.3 Å². The highest BCUT2D eigenvalue weighted by atomic mass is 16.5. The van der Waals surface area contributed by atoms with Gasteiger partial charge in [0, 0.05) is 28.7 Å². The Balaban J connectivity index is 2.21. The molecule has 169 valence electrons. The molecule has 3 rings (SSSR count). The number of carbonyl (C=O) groups is 1. The Bertz CT molecular complexity index is 1170. The Kier molecular flexibility index (Phi) is 6.70. The first kappa shape index (κ1) is 24.1. The largest absolute Gasteiger partial charge is 0.467 e. The van der Waals surface area contributed by atoms with E-state index in [1.807, 2.05) is 5.92 Å². The molecule has 6 N–H and O–H groups in total. The van der Waals surface area contributed by atoms with Gasteiger partial charge in [-0.05, 0) is 18.1 Å². The molecule has 0 bridgehead atoms. The van der Waals surface area contributed by atoms with Crippen molar-refractivity contribution in [2.24, 2.45) is 5.73 Å². The van der Waals surface area contributed by atoms with E-state index in [1.54, 1.807) is 36.4 Å². The lowest BCUT2D eigenvalue weighted by Crippen LogP contribution is -2.49. The van der Waals surface area contributed by atoms with Gasteiger partial charge in [0.05, 0.1) is 7.11 Å². The maximum absolute atomic E-state index is 12.1. The van der Waals surface area contributed by atoms with Crippen LogP contribution in [0.15, 0.2) is 78.9 Å². The van der Waals surface area contributed by atoms with Gasteiger partial charge < -0.3 is 30.9 Å². The first-order valence-electron chi connectivity index (χ1n) is 10.0. The number of carbonyl (C=O) groups excluding carboxylic acids is 1. The molecule has 1 unspecified atom stereocenters. The summed E-state index contributed by atoms with van der Waals surface area (Å²) in [5.41, 5.74) is 4.13. The summed E-state index contributed by atoms with van der Waals surface area (Å²) in [5.74, 6) is -4.13. The second-order valence-electron chi connectivity index (χ2n) is 7.72. The van der Waals surface area contributed by atoms with Crippen molar-refractivity contribution in [1.82, 2.24) is 0 Å². The van der Waals surface area contributed by atoms with Gasteiger partial charge in [0.2, 0.25) is 11.6 Å². The molecule has 7 nitrogen and oxygen atoms in total. The lowest BCUT2D eigenvalue weighted by atomic mass is 9.83. The summed E-state index contributed by atoms with van der Waals surface area (Å²) < 4.78 is 4.66. The second kappa shape index (κ2) is 9.16. The van der Waals surface area contributed by atoms with Crippen LogP contribution in [0.1, 0.15) is 27.8 Å². The van der Waals surface area contributed by atoms with Crippen molar-refractivity contribution in [3.05, 3.63) is 113 Å². The van der Waals surface area contributed by atoms with Gasteiger partial charge in [-0.25, -0.2) is 4.79 Å². The van der Waals surface area contributed by atoms with E-state index in [0.29, 0.717) is 5.56 Å². The van der Waals surface area contributed by atoms with Gasteiger partial charge in [-0.15, -0.1) is 0 Å². The Morgan fingerprint density at radius 3 is 1.82 bits per heavy atom. The van der Waals surface area contributed by atoms with E-state index in [0.717, 1.165) is 7.11 Å². The number of rotatable bonds is 7. The van der Waals surface area contributed by atoms with Crippen LogP contribution < -0.4 is 5.73 Å². The van der Waals surface area contributed by atoms with E-state index >= 15 is 0 Å². The van der Waals surface area contributed by atoms with Crippen molar-refractivity contribution >= 4 is 5.97 Å². The van der Waals surface area contributed by atoms with Crippen molar-refractivity contribution in [2.45, 2.75) is 23.5 Å². The quantitative estimate of drug-likeness (QED) is 0.208. The summed E-state index contributed by atoms with van der Waals surface area (Å²) >= 11 is 0. The van der Waals surface area contributed by atoms with Crippen molar-refractivity contribution in [3.8, 4) is 5.92 Å². The maximum atomic E-state index is 12.1. The van der Waals surface area contributed by atoms with Crippen LogP contribution in [0.3, 0.4) is 0 Å². The number of hydrogen-bond donors (Lipinski definition) is 5. The molecule has 0 spiro atoms. The van der Waals surface area contributed by atoms with Gasteiger partial charge in [-0.3, -0.25) is 0 Å². The SMILES string of the molecule is [C]#CC(N)(Cc1ccc(C(O)(O)c2ccccc2)c(C(O)(O)c2ccccc2)c1)C(=O)OC. The van der Waals surface area contributed by atoms with Crippen molar-refractivity contribution in [1.29, 1.82) is 0 Å². The van der Waals surface area contributed by atoms with E-state index in [9.17, 15) is 25.2 Å². The van der Waals surface area contributed by atoms with E-state index in [4.69, 9.17) is 12.2 Å². The minimum absolute atomic E-state index is 0.0813. The lowest BCUT2D eigenvalue weighted by Gasteiger charge is -2.32. The number of esters is 1. The average Bonchev–Trinajstić information content (AvgIpc) is 2.84. The number of methoxy groups -OCH3 is 1. The normalized spacial score (nSPS) is 13.6. The zero-order chi connectivity index (χ0) is 24.3. The Morgan fingerprint density at radius 2 is 1.36 bits per heavy atom. The fraction of sp³-hybridized carbons (Fsp3) is 0.192. The molecule has 0 aliphatic rings. The molecule has 3 aromatic carbocycles. The molecule has 0 aliphatic heterocycles. The summed E-state index contributed by atoms with van der Waals surface area (Å²) in [7, 11) is 1.13. The third-order valence-electron chi connectivity index (χ3n) is 5.44. The van der Waals surface area contributed by atoms with E-state index in [-0.39, 0.29) is 28.7 Å². The number of aliphatic hydroxyl groups is 4.